The average Bonchev–Trinajstić information content (AvgIpc) is 2.93. The van der Waals surface area contributed by atoms with Crippen molar-refractivity contribution in [3.05, 3.63) is 95.6 Å². The van der Waals surface area contributed by atoms with E-state index in [1.165, 1.54) is 0 Å². The molecule has 3 rings (SSSR count). The standard InChI is InChI=1S/C30H37NO6/c1-5-35-28-20-25(17-18-27(28)37-22-24-15-11-8-12-16-24)26(19-23-13-9-7-10-14-23)31(30(32)36-6-2)21-29(33-3)34-4/h7-18,20,26,29H,5-6,19,21-22H2,1-4H3. The molecule has 0 aliphatic carbocycles. The third-order valence-corrected chi connectivity index (χ3v) is 5.91. The maximum atomic E-state index is 13.2. The number of hydrogen-bond donors (Lipinski definition) is 0. The molecule has 1 atom stereocenters. The Bertz CT molecular complexity index is 1070. The highest BCUT2D eigenvalue weighted by atomic mass is 16.7. The molecule has 0 fully saturated rings. The molecule has 0 spiro atoms. The molecule has 0 saturated carbocycles. The highest BCUT2D eigenvalue weighted by Crippen LogP contribution is 2.35. The van der Waals surface area contributed by atoms with Crippen molar-refractivity contribution in [3.63, 3.8) is 0 Å². The van der Waals surface area contributed by atoms with Crippen LogP contribution in [0.15, 0.2) is 78.9 Å². The molecule has 198 valence electrons. The fraction of sp³-hybridized carbons (Fsp3) is 0.367. The fourth-order valence-electron chi connectivity index (χ4n) is 4.04. The minimum absolute atomic E-state index is 0.194. The molecule has 0 bridgehead atoms. The van der Waals surface area contributed by atoms with Gasteiger partial charge in [0.25, 0.3) is 0 Å². The van der Waals surface area contributed by atoms with E-state index in [0.717, 1.165) is 16.7 Å². The van der Waals surface area contributed by atoms with Crippen LogP contribution in [0.3, 0.4) is 0 Å². The summed E-state index contributed by atoms with van der Waals surface area (Å²) in [6.45, 7) is 5.08. The van der Waals surface area contributed by atoms with Gasteiger partial charge in [0.2, 0.25) is 0 Å². The van der Waals surface area contributed by atoms with Crippen LogP contribution in [-0.4, -0.2) is 51.3 Å². The van der Waals surface area contributed by atoms with Crippen molar-refractivity contribution in [2.75, 3.05) is 34.0 Å². The molecule has 0 aliphatic rings. The first-order chi connectivity index (χ1) is 18.1. The van der Waals surface area contributed by atoms with Gasteiger partial charge in [-0.25, -0.2) is 4.79 Å². The molecule has 7 nitrogen and oxygen atoms in total. The van der Waals surface area contributed by atoms with Crippen LogP contribution in [0.25, 0.3) is 0 Å². The van der Waals surface area contributed by atoms with Crippen LogP contribution in [-0.2, 0) is 27.2 Å². The fourth-order valence-corrected chi connectivity index (χ4v) is 4.04. The molecule has 1 unspecified atom stereocenters. The Morgan fingerprint density at radius 2 is 1.43 bits per heavy atom. The van der Waals surface area contributed by atoms with Crippen LogP contribution in [0.2, 0.25) is 0 Å². The maximum absolute atomic E-state index is 13.2. The molecule has 0 radical (unpaired) electrons. The largest absolute Gasteiger partial charge is 0.490 e. The van der Waals surface area contributed by atoms with Crippen LogP contribution in [0, 0.1) is 0 Å². The van der Waals surface area contributed by atoms with Crippen LogP contribution in [0.1, 0.15) is 36.6 Å². The number of rotatable bonds is 14. The lowest BCUT2D eigenvalue weighted by Crippen LogP contribution is -2.42. The molecule has 37 heavy (non-hydrogen) atoms. The third-order valence-electron chi connectivity index (χ3n) is 5.91. The van der Waals surface area contributed by atoms with Gasteiger partial charge in [-0.15, -0.1) is 0 Å². The molecular weight excluding hydrogens is 470 g/mol. The van der Waals surface area contributed by atoms with Gasteiger partial charge in [0, 0.05) is 14.2 Å². The van der Waals surface area contributed by atoms with E-state index in [4.69, 9.17) is 23.7 Å². The Hall–Kier alpha value is -3.55. The van der Waals surface area contributed by atoms with Gasteiger partial charge in [0.1, 0.15) is 6.61 Å². The first-order valence-corrected chi connectivity index (χ1v) is 12.6. The molecule has 1 amide bonds. The molecule has 7 heteroatoms. The summed E-state index contributed by atoms with van der Waals surface area (Å²) in [6.07, 6.45) is -0.484. The molecule has 3 aromatic carbocycles. The van der Waals surface area contributed by atoms with E-state index in [2.05, 4.69) is 0 Å². The zero-order valence-corrected chi connectivity index (χ0v) is 22.1. The number of methoxy groups -OCH3 is 2. The first kappa shape index (κ1) is 28.0. The minimum atomic E-state index is -0.609. The van der Waals surface area contributed by atoms with Gasteiger partial charge in [0.05, 0.1) is 25.8 Å². The first-order valence-electron chi connectivity index (χ1n) is 12.6. The van der Waals surface area contributed by atoms with E-state index < -0.39 is 12.4 Å². The van der Waals surface area contributed by atoms with Crippen molar-refractivity contribution in [1.29, 1.82) is 0 Å². The van der Waals surface area contributed by atoms with Crippen LogP contribution in [0.4, 0.5) is 4.79 Å². The number of carbonyl (C=O) groups is 1. The maximum Gasteiger partial charge on any atom is 0.410 e. The highest BCUT2D eigenvalue weighted by Gasteiger charge is 2.30. The van der Waals surface area contributed by atoms with Gasteiger partial charge in [-0.2, -0.15) is 0 Å². The van der Waals surface area contributed by atoms with Crippen molar-refractivity contribution in [1.82, 2.24) is 4.90 Å². The lowest BCUT2D eigenvalue weighted by Gasteiger charge is -2.33. The predicted octanol–water partition coefficient (Wildman–Crippen LogP) is 6.03. The van der Waals surface area contributed by atoms with Gasteiger partial charge in [0.15, 0.2) is 17.8 Å². The van der Waals surface area contributed by atoms with Gasteiger partial charge in [-0.1, -0.05) is 66.7 Å². The molecule has 0 aliphatic heterocycles. The lowest BCUT2D eigenvalue weighted by molar-refractivity contribution is -0.117. The SMILES string of the molecule is CCOC(=O)N(CC(OC)OC)C(Cc1ccccc1)c1ccc(OCc2ccccc2)c(OCC)c1. The number of benzene rings is 3. The van der Waals surface area contributed by atoms with Crippen LogP contribution in [0.5, 0.6) is 11.5 Å². The summed E-state index contributed by atoms with van der Waals surface area (Å²) in [5.41, 5.74) is 3.03. The summed E-state index contributed by atoms with van der Waals surface area (Å²) in [6, 6.07) is 25.5. The zero-order valence-electron chi connectivity index (χ0n) is 22.1. The van der Waals surface area contributed by atoms with E-state index in [9.17, 15) is 4.79 Å². The van der Waals surface area contributed by atoms with Crippen molar-refractivity contribution in [3.8, 4) is 11.5 Å². The Morgan fingerprint density at radius 1 is 0.784 bits per heavy atom. The summed E-state index contributed by atoms with van der Waals surface area (Å²) in [4.78, 5) is 14.8. The van der Waals surface area contributed by atoms with Crippen molar-refractivity contribution >= 4 is 6.09 Å². The number of nitrogens with zero attached hydrogens (tertiary/aromatic N) is 1. The van der Waals surface area contributed by atoms with E-state index in [0.29, 0.717) is 31.1 Å². The summed E-state index contributed by atoms with van der Waals surface area (Å²) < 4.78 is 28.4. The highest BCUT2D eigenvalue weighted by molar-refractivity contribution is 5.68. The Kier molecular flexibility index (Phi) is 11.3. The Labute approximate surface area is 219 Å². The van der Waals surface area contributed by atoms with E-state index in [-0.39, 0.29) is 19.2 Å². The van der Waals surface area contributed by atoms with E-state index in [1.807, 2.05) is 85.8 Å². The number of carbonyl (C=O) groups excluding carboxylic acids is 1. The summed E-state index contributed by atoms with van der Waals surface area (Å²) in [5, 5.41) is 0. The Morgan fingerprint density at radius 3 is 2.03 bits per heavy atom. The van der Waals surface area contributed by atoms with Gasteiger partial charge in [-0.05, 0) is 49.1 Å². The second-order valence-electron chi connectivity index (χ2n) is 8.37. The molecule has 0 N–H and O–H groups in total. The molecular formula is C30H37NO6. The second-order valence-corrected chi connectivity index (χ2v) is 8.37. The molecule has 0 heterocycles. The quantitative estimate of drug-likeness (QED) is 0.248. The summed E-state index contributed by atoms with van der Waals surface area (Å²) in [7, 11) is 3.10. The monoisotopic (exact) mass is 507 g/mol. The minimum Gasteiger partial charge on any atom is -0.490 e. The van der Waals surface area contributed by atoms with E-state index in [1.54, 1.807) is 26.0 Å². The topological polar surface area (TPSA) is 66.5 Å². The number of amides is 1. The van der Waals surface area contributed by atoms with Crippen molar-refractivity contribution in [2.45, 2.75) is 39.2 Å². The normalized spacial score (nSPS) is 11.7. The summed E-state index contributed by atoms with van der Waals surface area (Å²) >= 11 is 0. The second kappa shape index (κ2) is 14.9. The van der Waals surface area contributed by atoms with Gasteiger partial charge < -0.3 is 23.7 Å². The predicted molar refractivity (Wildman–Crippen MR) is 143 cm³/mol. The number of hydrogen-bond acceptors (Lipinski definition) is 6. The van der Waals surface area contributed by atoms with Crippen molar-refractivity contribution < 1.29 is 28.5 Å². The van der Waals surface area contributed by atoms with Gasteiger partial charge in [-0.3, -0.25) is 4.90 Å². The molecule has 3 aromatic rings. The molecule has 0 aromatic heterocycles. The average molecular weight is 508 g/mol. The van der Waals surface area contributed by atoms with Crippen LogP contribution < -0.4 is 9.47 Å². The smallest absolute Gasteiger partial charge is 0.410 e. The van der Waals surface area contributed by atoms with E-state index >= 15 is 0 Å². The van der Waals surface area contributed by atoms with Crippen molar-refractivity contribution in [2.24, 2.45) is 0 Å². The van der Waals surface area contributed by atoms with Crippen LogP contribution >= 0.6 is 0 Å². The third kappa shape index (κ3) is 8.23. The Balaban J connectivity index is 1.99. The summed E-state index contributed by atoms with van der Waals surface area (Å²) in [5.74, 6) is 1.26. The molecule has 0 saturated heterocycles. The lowest BCUT2D eigenvalue weighted by atomic mass is 9.97. The number of ether oxygens (including phenoxy) is 5. The zero-order chi connectivity index (χ0) is 26.5. The van der Waals surface area contributed by atoms with Gasteiger partial charge >= 0.3 is 6.09 Å².